The summed E-state index contributed by atoms with van der Waals surface area (Å²) in [4.78, 5) is 0. The summed E-state index contributed by atoms with van der Waals surface area (Å²) in [7, 11) is 0. The Kier molecular flexibility index (Phi) is 2.36. The fourth-order valence-corrected chi connectivity index (χ4v) is 1.79. The van der Waals surface area contributed by atoms with Crippen LogP contribution in [0.25, 0.3) is 0 Å². The third-order valence-corrected chi connectivity index (χ3v) is 2.56. The number of tetrazole rings is 1. The van der Waals surface area contributed by atoms with Gasteiger partial charge in [0.15, 0.2) is 5.82 Å². The van der Waals surface area contributed by atoms with Crippen LogP contribution in [0.3, 0.4) is 0 Å². The number of fused-ring (bicyclic) bond motifs is 1. The zero-order valence-corrected chi connectivity index (χ0v) is 8.85. The van der Waals surface area contributed by atoms with E-state index in [0.29, 0.717) is 24.6 Å². The lowest BCUT2D eigenvalue weighted by atomic mass is 10.1. The first-order chi connectivity index (χ1) is 8.31. The molecule has 0 aliphatic carbocycles. The van der Waals surface area contributed by atoms with E-state index in [-0.39, 0.29) is 11.9 Å². The highest BCUT2D eigenvalue weighted by Crippen LogP contribution is 2.29. The van der Waals surface area contributed by atoms with Crippen molar-refractivity contribution in [3.63, 3.8) is 0 Å². The molecule has 7 heteroatoms. The highest BCUT2D eigenvalue weighted by Gasteiger charge is 2.20. The third kappa shape index (κ3) is 2.03. The van der Waals surface area contributed by atoms with Gasteiger partial charge in [0.25, 0.3) is 0 Å². The molecule has 2 aromatic rings. The lowest BCUT2D eigenvalue weighted by Crippen LogP contribution is -2.33. The number of aromatic nitrogens is 4. The van der Waals surface area contributed by atoms with Crippen molar-refractivity contribution in [3.8, 4) is 5.75 Å². The molecule has 2 heterocycles. The fraction of sp³-hybridized carbons (Fsp3) is 0.300. The quantitative estimate of drug-likeness (QED) is 0.803. The van der Waals surface area contributed by atoms with Crippen LogP contribution in [0.5, 0.6) is 5.75 Å². The van der Waals surface area contributed by atoms with E-state index in [0.717, 1.165) is 5.69 Å². The molecule has 0 saturated heterocycles. The standard InChI is InChI=1S/C10H10FN5O/c11-6-1-2-8-9(3-6)17-5-7(12-8)4-10-13-15-16-14-10/h1-3,7,12H,4-5H2,(H,13,14,15,16)/t7-/m0/s1. The van der Waals surface area contributed by atoms with Crippen molar-refractivity contribution in [2.75, 3.05) is 11.9 Å². The Balaban J connectivity index is 1.74. The summed E-state index contributed by atoms with van der Waals surface area (Å²) in [5, 5.41) is 16.9. The summed E-state index contributed by atoms with van der Waals surface area (Å²) in [6.45, 7) is 0.449. The van der Waals surface area contributed by atoms with Crippen LogP contribution < -0.4 is 10.1 Å². The maximum Gasteiger partial charge on any atom is 0.176 e. The number of nitrogens with one attached hydrogen (secondary N) is 2. The zero-order chi connectivity index (χ0) is 11.7. The molecule has 3 rings (SSSR count). The summed E-state index contributed by atoms with van der Waals surface area (Å²) in [6.07, 6.45) is 0.604. The molecule has 0 fully saturated rings. The van der Waals surface area contributed by atoms with Gasteiger partial charge in [0, 0.05) is 12.5 Å². The van der Waals surface area contributed by atoms with Crippen LogP contribution in [0.15, 0.2) is 18.2 Å². The number of hydrogen-bond acceptors (Lipinski definition) is 5. The van der Waals surface area contributed by atoms with Gasteiger partial charge in [-0.05, 0) is 12.1 Å². The number of nitrogens with zero attached hydrogens (tertiary/aromatic N) is 3. The molecule has 17 heavy (non-hydrogen) atoms. The second kappa shape index (κ2) is 4.00. The monoisotopic (exact) mass is 235 g/mol. The van der Waals surface area contributed by atoms with E-state index in [9.17, 15) is 4.39 Å². The number of benzene rings is 1. The van der Waals surface area contributed by atoms with E-state index < -0.39 is 0 Å². The molecule has 0 bridgehead atoms. The number of rotatable bonds is 2. The van der Waals surface area contributed by atoms with E-state index in [1.54, 1.807) is 6.07 Å². The molecule has 0 spiro atoms. The van der Waals surface area contributed by atoms with Crippen LogP contribution >= 0.6 is 0 Å². The average Bonchev–Trinajstić information content (AvgIpc) is 2.82. The topological polar surface area (TPSA) is 75.7 Å². The first-order valence-electron chi connectivity index (χ1n) is 5.22. The summed E-state index contributed by atoms with van der Waals surface area (Å²) in [5.41, 5.74) is 0.783. The van der Waals surface area contributed by atoms with Crippen molar-refractivity contribution in [1.82, 2.24) is 20.6 Å². The molecule has 1 aliphatic rings. The van der Waals surface area contributed by atoms with Crippen molar-refractivity contribution >= 4 is 5.69 Å². The Labute approximate surface area is 96.2 Å². The van der Waals surface area contributed by atoms with Crippen LogP contribution in [-0.4, -0.2) is 33.3 Å². The largest absolute Gasteiger partial charge is 0.489 e. The molecule has 0 radical (unpaired) electrons. The molecular formula is C10H10FN5O. The number of H-pyrrole nitrogens is 1. The van der Waals surface area contributed by atoms with Crippen molar-refractivity contribution in [1.29, 1.82) is 0 Å². The molecular weight excluding hydrogens is 225 g/mol. The molecule has 0 saturated carbocycles. The normalized spacial score (nSPS) is 18.1. The lowest BCUT2D eigenvalue weighted by molar-refractivity contribution is 0.281. The van der Waals surface area contributed by atoms with Gasteiger partial charge < -0.3 is 10.1 Å². The van der Waals surface area contributed by atoms with Crippen LogP contribution in [-0.2, 0) is 6.42 Å². The SMILES string of the molecule is Fc1ccc2c(c1)OC[C@H](Cc1nn[nH]n1)N2. The Bertz CT molecular complexity index is 515. The molecule has 0 amide bonds. The summed E-state index contributed by atoms with van der Waals surface area (Å²) >= 11 is 0. The molecule has 2 N–H and O–H groups in total. The summed E-state index contributed by atoms with van der Waals surface area (Å²) in [5.74, 6) is 0.855. The van der Waals surface area contributed by atoms with Gasteiger partial charge in [-0.1, -0.05) is 5.21 Å². The van der Waals surface area contributed by atoms with Gasteiger partial charge in [0.2, 0.25) is 0 Å². The Morgan fingerprint density at radius 2 is 2.41 bits per heavy atom. The van der Waals surface area contributed by atoms with Crippen LogP contribution in [0.2, 0.25) is 0 Å². The zero-order valence-electron chi connectivity index (χ0n) is 8.85. The van der Waals surface area contributed by atoms with Gasteiger partial charge in [-0.2, -0.15) is 5.21 Å². The lowest BCUT2D eigenvalue weighted by Gasteiger charge is -2.26. The summed E-state index contributed by atoms with van der Waals surface area (Å²) < 4.78 is 18.4. The highest BCUT2D eigenvalue weighted by atomic mass is 19.1. The molecule has 1 aliphatic heterocycles. The average molecular weight is 235 g/mol. The number of ether oxygens (including phenoxy) is 1. The molecule has 88 valence electrons. The summed E-state index contributed by atoms with van der Waals surface area (Å²) in [6, 6.07) is 4.48. The number of hydrogen-bond donors (Lipinski definition) is 2. The van der Waals surface area contributed by atoms with Crippen molar-refractivity contribution in [3.05, 3.63) is 29.8 Å². The third-order valence-electron chi connectivity index (χ3n) is 2.56. The van der Waals surface area contributed by atoms with Crippen molar-refractivity contribution in [2.45, 2.75) is 12.5 Å². The number of halogens is 1. The van der Waals surface area contributed by atoms with Crippen LogP contribution in [0.4, 0.5) is 10.1 Å². The van der Waals surface area contributed by atoms with Crippen molar-refractivity contribution < 1.29 is 9.13 Å². The molecule has 6 nitrogen and oxygen atoms in total. The minimum atomic E-state index is -0.304. The van der Waals surface area contributed by atoms with Crippen LogP contribution in [0.1, 0.15) is 5.82 Å². The predicted molar refractivity (Wildman–Crippen MR) is 57.2 cm³/mol. The molecule has 0 unspecified atom stereocenters. The minimum absolute atomic E-state index is 0.0607. The Morgan fingerprint density at radius 1 is 1.47 bits per heavy atom. The van der Waals surface area contributed by atoms with Gasteiger partial charge in [-0.15, -0.1) is 10.2 Å². The van der Waals surface area contributed by atoms with Crippen molar-refractivity contribution in [2.24, 2.45) is 0 Å². The fourth-order valence-electron chi connectivity index (χ4n) is 1.79. The Hall–Kier alpha value is -2.18. The first-order valence-corrected chi connectivity index (χ1v) is 5.22. The van der Waals surface area contributed by atoms with E-state index in [2.05, 4.69) is 25.9 Å². The maximum atomic E-state index is 13.0. The second-order valence-corrected chi connectivity index (χ2v) is 3.82. The maximum absolute atomic E-state index is 13.0. The highest BCUT2D eigenvalue weighted by molar-refractivity contribution is 5.58. The van der Waals surface area contributed by atoms with Gasteiger partial charge in [-0.25, -0.2) is 4.39 Å². The first kappa shape index (κ1) is 10.0. The van der Waals surface area contributed by atoms with Gasteiger partial charge in [0.05, 0.1) is 11.7 Å². The molecule has 1 atom stereocenters. The van der Waals surface area contributed by atoms with Gasteiger partial charge in [-0.3, -0.25) is 0 Å². The smallest absolute Gasteiger partial charge is 0.176 e. The Morgan fingerprint density at radius 3 is 3.24 bits per heavy atom. The van der Waals surface area contributed by atoms with E-state index in [4.69, 9.17) is 4.74 Å². The minimum Gasteiger partial charge on any atom is -0.489 e. The molecule has 1 aromatic heterocycles. The van der Waals surface area contributed by atoms with E-state index in [1.807, 2.05) is 0 Å². The van der Waals surface area contributed by atoms with Gasteiger partial charge in [0.1, 0.15) is 18.2 Å². The van der Waals surface area contributed by atoms with Crippen LogP contribution in [0, 0.1) is 5.82 Å². The van der Waals surface area contributed by atoms with E-state index in [1.165, 1.54) is 12.1 Å². The molecule has 1 aromatic carbocycles. The second-order valence-electron chi connectivity index (χ2n) is 3.82. The predicted octanol–water partition coefficient (Wildman–Crippen LogP) is 0.754. The van der Waals surface area contributed by atoms with E-state index >= 15 is 0 Å². The number of anilines is 1. The number of aromatic amines is 1. The van der Waals surface area contributed by atoms with Gasteiger partial charge >= 0.3 is 0 Å².